The van der Waals surface area contributed by atoms with Crippen LogP contribution in [0.25, 0.3) is 0 Å². The topological polar surface area (TPSA) is 39.7 Å². The van der Waals surface area contributed by atoms with E-state index in [0.29, 0.717) is 25.6 Å². The van der Waals surface area contributed by atoms with Crippen molar-refractivity contribution >= 4 is 0 Å². The molecule has 4 nitrogen and oxygen atoms in total. The second-order valence-electron chi connectivity index (χ2n) is 4.00. The van der Waals surface area contributed by atoms with Gasteiger partial charge in [0.05, 0.1) is 19.8 Å². The fourth-order valence-electron chi connectivity index (χ4n) is 1.81. The molecule has 4 heteroatoms. The molecule has 0 spiro atoms. The summed E-state index contributed by atoms with van der Waals surface area (Å²) in [5, 5.41) is 3.30. The van der Waals surface area contributed by atoms with Gasteiger partial charge in [-0.05, 0) is 45.0 Å². The lowest BCUT2D eigenvalue weighted by molar-refractivity contribution is 0.260. The van der Waals surface area contributed by atoms with Crippen LogP contribution in [-0.2, 0) is 6.54 Å². The number of rotatable bonds is 9. The van der Waals surface area contributed by atoms with Gasteiger partial charge in [-0.2, -0.15) is 0 Å². The summed E-state index contributed by atoms with van der Waals surface area (Å²) in [7, 11) is 0. The Morgan fingerprint density at radius 3 is 1.79 bits per heavy atom. The number of benzene rings is 1. The van der Waals surface area contributed by atoms with Gasteiger partial charge >= 0.3 is 0 Å². The average molecular weight is 267 g/mol. The van der Waals surface area contributed by atoms with Crippen LogP contribution in [0.4, 0.5) is 0 Å². The number of hydrogen-bond acceptors (Lipinski definition) is 4. The van der Waals surface area contributed by atoms with Crippen molar-refractivity contribution in [3.05, 3.63) is 17.7 Å². The highest BCUT2D eigenvalue weighted by Crippen LogP contribution is 2.39. The fraction of sp³-hybridized carbons (Fsp3) is 0.600. The third-order valence-corrected chi connectivity index (χ3v) is 2.55. The first-order valence-electron chi connectivity index (χ1n) is 7.02. The van der Waals surface area contributed by atoms with Gasteiger partial charge in [0.2, 0.25) is 5.75 Å². The zero-order valence-electron chi connectivity index (χ0n) is 12.4. The predicted molar refractivity (Wildman–Crippen MR) is 77.3 cm³/mol. The minimum Gasteiger partial charge on any atom is -0.490 e. The molecule has 0 fully saturated rings. The molecule has 0 aliphatic heterocycles. The molecule has 0 radical (unpaired) electrons. The third kappa shape index (κ3) is 4.63. The Morgan fingerprint density at radius 1 is 0.842 bits per heavy atom. The lowest BCUT2D eigenvalue weighted by Gasteiger charge is -2.17. The van der Waals surface area contributed by atoms with Crippen molar-refractivity contribution < 1.29 is 14.2 Å². The van der Waals surface area contributed by atoms with Crippen LogP contribution >= 0.6 is 0 Å². The molecule has 0 aliphatic rings. The number of ether oxygens (including phenoxy) is 3. The molecule has 0 saturated heterocycles. The second-order valence-corrected chi connectivity index (χ2v) is 4.00. The van der Waals surface area contributed by atoms with Gasteiger partial charge in [0.15, 0.2) is 11.5 Å². The minimum atomic E-state index is 0.590. The Morgan fingerprint density at radius 2 is 1.37 bits per heavy atom. The largest absolute Gasteiger partial charge is 0.490 e. The van der Waals surface area contributed by atoms with Crippen molar-refractivity contribution in [2.45, 2.75) is 34.2 Å². The van der Waals surface area contributed by atoms with Crippen molar-refractivity contribution in [1.82, 2.24) is 5.32 Å². The first kappa shape index (κ1) is 15.6. The van der Waals surface area contributed by atoms with E-state index >= 15 is 0 Å². The maximum Gasteiger partial charge on any atom is 0.203 e. The number of hydrogen-bond donors (Lipinski definition) is 1. The van der Waals surface area contributed by atoms with Crippen LogP contribution < -0.4 is 19.5 Å². The summed E-state index contributed by atoms with van der Waals surface area (Å²) in [4.78, 5) is 0. The van der Waals surface area contributed by atoms with E-state index in [1.165, 1.54) is 0 Å². The van der Waals surface area contributed by atoms with Gasteiger partial charge in [0.1, 0.15) is 0 Å². The van der Waals surface area contributed by atoms with Gasteiger partial charge in [-0.1, -0.05) is 6.92 Å². The molecule has 0 unspecified atom stereocenters. The number of nitrogens with one attached hydrogen (secondary N) is 1. The molecule has 0 heterocycles. The van der Waals surface area contributed by atoms with Gasteiger partial charge in [0, 0.05) is 6.54 Å². The van der Waals surface area contributed by atoms with Crippen molar-refractivity contribution in [3.63, 3.8) is 0 Å². The highest BCUT2D eigenvalue weighted by atomic mass is 16.5. The van der Waals surface area contributed by atoms with Gasteiger partial charge in [-0.15, -0.1) is 0 Å². The molecule has 0 aromatic heterocycles. The maximum atomic E-state index is 5.66. The lowest BCUT2D eigenvalue weighted by atomic mass is 10.1. The molecule has 108 valence electrons. The average Bonchev–Trinajstić information content (AvgIpc) is 2.40. The smallest absolute Gasteiger partial charge is 0.203 e. The van der Waals surface area contributed by atoms with E-state index in [9.17, 15) is 0 Å². The first-order valence-corrected chi connectivity index (χ1v) is 7.02. The van der Waals surface area contributed by atoms with Crippen molar-refractivity contribution in [1.29, 1.82) is 0 Å². The van der Waals surface area contributed by atoms with Gasteiger partial charge < -0.3 is 19.5 Å². The Balaban J connectivity index is 3.09. The van der Waals surface area contributed by atoms with Crippen molar-refractivity contribution in [2.24, 2.45) is 0 Å². The molecule has 0 aliphatic carbocycles. The van der Waals surface area contributed by atoms with Crippen LogP contribution in [0, 0.1) is 0 Å². The van der Waals surface area contributed by atoms with E-state index in [2.05, 4.69) is 12.2 Å². The van der Waals surface area contributed by atoms with Crippen LogP contribution in [0.2, 0.25) is 0 Å². The SMILES string of the molecule is CCNCc1cc(OCC)c(OCC)c(OCC)c1. The van der Waals surface area contributed by atoms with Crippen LogP contribution in [0.5, 0.6) is 17.2 Å². The highest BCUT2D eigenvalue weighted by Gasteiger charge is 2.14. The molecule has 1 rings (SSSR count). The van der Waals surface area contributed by atoms with E-state index < -0.39 is 0 Å². The molecule has 19 heavy (non-hydrogen) atoms. The van der Waals surface area contributed by atoms with Gasteiger partial charge in [0.25, 0.3) is 0 Å². The van der Waals surface area contributed by atoms with Crippen LogP contribution in [-0.4, -0.2) is 26.4 Å². The molecule has 1 aromatic rings. The maximum absolute atomic E-state index is 5.66. The van der Waals surface area contributed by atoms with E-state index in [4.69, 9.17) is 14.2 Å². The molecule has 0 atom stereocenters. The summed E-state index contributed by atoms with van der Waals surface area (Å²) in [6, 6.07) is 4.03. The molecule has 1 aromatic carbocycles. The zero-order chi connectivity index (χ0) is 14.1. The van der Waals surface area contributed by atoms with Crippen LogP contribution in [0.3, 0.4) is 0 Å². The summed E-state index contributed by atoms with van der Waals surface area (Å²) in [6.07, 6.45) is 0. The Kier molecular flexibility index (Phi) is 7.11. The Hall–Kier alpha value is -1.42. The summed E-state index contributed by atoms with van der Waals surface area (Å²) in [5.41, 5.74) is 1.14. The Labute approximate surface area is 116 Å². The molecule has 1 N–H and O–H groups in total. The highest BCUT2D eigenvalue weighted by molar-refractivity contribution is 5.54. The fourth-order valence-corrected chi connectivity index (χ4v) is 1.81. The Bertz CT molecular complexity index is 353. The lowest BCUT2D eigenvalue weighted by Crippen LogP contribution is -2.12. The molecule has 0 saturated carbocycles. The van der Waals surface area contributed by atoms with E-state index in [1.807, 2.05) is 32.9 Å². The monoisotopic (exact) mass is 267 g/mol. The summed E-state index contributed by atoms with van der Waals surface area (Å²) in [5.74, 6) is 2.21. The van der Waals surface area contributed by atoms with Crippen molar-refractivity contribution in [2.75, 3.05) is 26.4 Å². The van der Waals surface area contributed by atoms with Crippen molar-refractivity contribution in [3.8, 4) is 17.2 Å². The first-order chi connectivity index (χ1) is 9.26. The van der Waals surface area contributed by atoms with Gasteiger partial charge in [-0.3, -0.25) is 0 Å². The minimum absolute atomic E-state index is 0.590. The quantitative estimate of drug-likeness (QED) is 0.746. The molecule has 0 bridgehead atoms. The molecule has 0 amide bonds. The normalized spacial score (nSPS) is 10.3. The molecular weight excluding hydrogens is 242 g/mol. The van der Waals surface area contributed by atoms with E-state index in [0.717, 1.165) is 30.2 Å². The standard InChI is InChI=1S/C15H25NO3/c1-5-16-11-12-9-13(17-6-2)15(19-8-4)14(10-12)18-7-3/h9-10,16H,5-8,11H2,1-4H3. The zero-order valence-corrected chi connectivity index (χ0v) is 12.4. The third-order valence-electron chi connectivity index (χ3n) is 2.55. The second kappa shape index (κ2) is 8.64. The summed E-state index contributed by atoms with van der Waals surface area (Å²) in [6.45, 7) is 11.5. The van der Waals surface area contributed by atoms with E-state index in [-0.39, 0.29) is 0 Å². The van der Waals surface area contributed by atoms with Crippen LogP contribution in [0.1, 0.15) is 33.3 Å². The van der Waals surface area contributed by atoms with Crippen LogP contribution in [0.15, 0.2) is 12.1 Å². The summed E-state index contributed by atoms with van der Waals surface area (Å²) >= 11 is 0. The van der Waals surface area contributed by atoms with E-state index in [1.54, 1.807) is 0 Å². The molecular formula is C15H25NO3. The predicted octanol–water partition coefficient (Wildman–Crippen LogP) is 2.99. The summed E-state index contributed by atoms with van der Waals surface area (Å²) < 4.78 is 17.0. The van der Waals surface area contributed by atoms with Gasteiger partial charge in [-0.25, -0.2) is 0 Å².